The minimum atomic E-state index is 0.584. The lowest BCUT2D eigenvalue weighted by atomic mass is 10.1. The molecule has 3 heteroatoms. The Morgan fingerprint density at radius 2 is 2.25 bits per heavy atom. The van der Waals surface area contributed by atoms with E-state index in [0.29, 0.717) is 18.1 Å². The fourth-order valence-corrected chi connectivity index (χ4v) is 2.25. The second kappa shape index (κ2) is 3.32. The summed E-state index contributed by atoms with van der Waals surface area (Å²) in [5, 5.41) is 3.50. The van der Waals surface area contributed by atoms with Gasteiger partial charge >= 0.3 is 0 Å². The van der Waals surface area contributed by atoms with Crippen LogP contribution in [0.15, 0.2) is 0 Å². The molecule has 2 heterocycles. The molecule has 0 saturated carbocycles. The maximum atomic E-state index is 5.47. The highest BCUT2D eigenvalue weighted by molar-refractivity contribution is 4.93. The second-order valence-electron chi connectivity index (χ2n) is 4.00. The van der Waals surface area contributed by atoms with Crippen molar-refractivity contribution in [3.05, 3.63) is 0 Å². The first-order valence-electron chi connectivity index (χ1n) is 4.86. The molecular formula is C9H18N2O. The topological polar surface area (TPSA) is 24.5 Å². The van der Waals surface area contributed by atoms with Gasteiger partial charge in [0, 0.05) is 25.2 Å². The van der Waals surface area contributed by atoms with Gasteiger partial charge in [0.15, 0.2) is 0 Å². The molecule has 3 nitrogen and oxygen atoms in total. The molecule has 2 rings (SSSR count). The van der Waals surface area contributed by atoms with Crippen LogP contribution in [-0.4, -0.2) is 49.3 Å². The number of fused-ring (bicyclic) bond motifs is 1. The first-order chi connectivity index (χ1) is 5.79. The van der Waals surface area contributed by atoms with E-state index in [1.807, 2.05) is 0 Å². The van der Waals surface area contributed by atoms with E-state index in [9.17, 15) is 0 Å². The van der Waals surface area contributed by atoms with Crippen molar-refractivity contribution >= 4 is 0 Å². The van der Waals surface area contributed by atoms with Crippen LogP contribution in [0.1, 0.15) is 13.8 Å². The van der Waals surface area contributed by atoms with E-state index in [1.165, 1.54) is 6.54 Å². The van der Waals surface area contributed by atoms with Crippen molar-refractivity contribution in [2.75, 3.05) is 26.3 Å². The summed E-state index contributed by atoms with van der Waals surface area (Å²) >= 11 is 0. The quantitative estimate of drug-likeness (QED) is 0.602. The molecule has 70 valence electrons. The molecule has 0 aromatic heterocycles. The highest BCUT2D eigenvalue weighted by Crippen LogP contribution is 2.18. The summed E-state index contributed by atoms with van der Waals surface area (Å²) in [4.78, 5) is 2.55. The van der Waals surface area contributed by atoms with Crippen LogP contribution in [0.2, 0.25) is 0 Å². The third kappa shape index (κ3) is 1.37. The van der Waals surface area contributed by atoms with Crippen LogP contribution in [0.4, 0.5) is 0 Å². The molecule has 12 heavy (non-hydrogen) atoms. The van der Waals surface area contributed by atoms with Crippen molar-refractivity contribution in [1.82, 2.24) is 10.2 Å². The molecule has 0 bridgehead atoms. The first-order valence-corrected chi connectivity index (χ1v) is 4.86. The lowest BCUT2D eigenvalue weighted by Gasteiger charge is -2.39. The molecule has 0 radical (unpaired) electrons. The first kappa shape index (κ1) is 8.48. The second-order valence-corrected chi connectivity index (χ2v) is 4.00. The van der Waals surface area contributed by atoms with Crippen molar-refractivity contribution in [2.45, 2.75) is 32.0 Å². The normalized spacial score (nSPS) is 37.2. The summed E-state index contributed by atoms with van der Waals surface area (Å²) in [6.07, 6.45) is 0. The Kier molecular flexibility index (Phi) is 2.35. The zero-order valence-electron chi connectivity index (χ0n) is 7.92. The maximum absolute atomic E-state index is 5.47. The van der Waals surface area contributed by atoms with Crippen LogP contribution in [0.3, 0.4) is 0 Å². The highest BCUT2D eigenvalue weighted by atomic mass is 16.5. The average Bonchev–Trinajstić information content (AvgIpc) is 2.49. The lowest BCUT2D eigenvalue weighted by molar-refractivity contribution is 0.0998. The Balaban J connectivity index is 2.03. The van der Waals surface area contributed by atoms with Crippen LogP contribution < -0.4 is 5.32 Å². The molecular weight excluding hydrogens is 152 g/mol. The van der Waals surface area contributed by atoms with Crippen molar-refractivity contribution in [2.24, 2.45) is 0 Å². The zero-order chi connectivity index (χ0) is 8.55. The molecule has 0 aliphatic carbocycles. The predicted molar refractivity (Wildman–Crippen MR) is 48.2 cm³/mol. The fourth-order valence-electron chi connectivity index (χ4n) is 2.25. The Labute approximate surface area is 74.1 Å². The van der Waals surface area contributed by atoms with Gasteiger partial charge in [-0.15, -0.1) is 0 Å². The van der Waals surface area contributed by atoms with Gasteiger partial charge in [0.05, 0.1) is 19.3 Å². The largest absolute Gasteiger partial charge is 0.378 e. The summed E-state index contributed by atoms with van der Waals surface area (Å²) in [6, 6.07) is 1.86. The van der Waals surface area contributed by atoms with E-state index in [1.54, 1.807) is 0 Å². The molecule has 2 fully saturated rings. The van der Waals surface area contributed by atoms with E-state index in [2.05, 4.69) is 24.1 Å². The molecule has 2 aliphatic heterocycles. The molecule has 0 unspecified atom stereocenters. The van der Waals surface area contributed by atoms with Crippen LogP contribution in [0, 0.1) is 0 Å². The van der Waals surface area contributed by atoms with Crippen molar-refractivity contribution in [3.63, 3.8) is 0 Å². The lowest BCUT2D eigenvalue weighted by Crippen LogP contribution is -2.59. The summed E-state index contributed by atoms with van der Waals surface area (Å²) < 4.78 is 5.47. The van der Waals surface area contributed by atoms with E-state index in [0.717, 1.165) is 19.8 Å². The fraction of sp³-hybridized carbons (Fsp3) is 1.00. The monoisotopic (exact) mass is 170 g/mol. The highest BCUT2D eigenvalue weighted by Gasteiger charge is 2.36. The molecule has 2 saturated heterocycles. The number of ether oxygens (including phenoxy) is 1. The standard InChI is InChI=1S/C9H18N2O/c1-7(2)11-4-3-10-8-5-12-6-9(8)11/h7-10H,3-6H2,1-2H3/t8-,9+/m0/s1. The number of rotatable bonds is 1. The van der Waals surface area contributed by atoms with Gasteiger partial charge in [0.1, 0.15) is 0 Å². The number of nitrogens with one attached hydrogen (secondary N) is 1. The Morgan fingerprint density at radius 1 is 1.42 bits per heavy atom. The number of nitrogens with zero attached hydrogens (tertiary/aromatic N) is 1. The van der Waals surface area contributed by atoms with Crippen molar-refractivity contribution in [1.29, 1.82) is 0 Å². The van der Waals surface area contributed by atoms with E-state index < -0.39 is 0 Å². The van der Waals surface area contributed by atoms with Gasteiger partial charge in [0.25, 0.3) is 0 Å². The van der Waals surface area contributed by atoms with Crippen LogP contribution >= 0.6 is 0 Å². The maximum Gasteiger partial charge on any atom is 0.0638 e. The SMILES string of the molecule is CC(C)N1CCN[C@H]2COC[C@H]21. The van der Waals surface area contributed by atoms with Gasteiger partial charge in [-0.3, -0.25) is 4.90 Å². The van der Waals surface area contributed by atoms with Gasteiger partial charge in [-0.1, -0.05) is 0 Å². The number of hydrogen-bond acceptors (Lipinski definition) is 3. The molecule has 0 spiro atoms. The number of piperazine rings is 1. The number of hydrogen-bond donors (Lipinski definition) is 1. The third-order valence-corrected chi connectivity index (χ3v) is 2.92. The summed E-state index contributed by atoms with van der Waals surface area (Å²) in [5.41, 5.74) is 0. The Hall–Kier alpha value is -0.120. The van der Waals surface area contributed by atoms with E-state index >= 15 is 0 Å². The zero-order valence-corrected chi connectivity index (χ0v) is 7.92. The average molecular weight is 170 g/mol. The van der Waals surface area contributed by atoms with Gasteiger partial charge < -0.3 is 10.1 Å². The van der Waals surface area contributed by atoms with Crippen molar-refractivity contribution in [3.8, 4) is 0 Å². The predicted octanol–water partition coefficient (Wildman–Crippen LogP) is 0.0674. The minimum absolute atomic E-state index is 0.584. The van der Waals surface area contributed by atoms with Gasteiger partial charge in [-0.25, -0.2) is 0 Å². The van der Waals surface area contributed by atoms with Crippen LogP contribution in [0.5, 0.6) is 0 Å². The summed E-state index contributed by atoms with van der Waals surface area (Å²) in [5.74, 6) is 0. The summed E-state index contributed by atoms with van der Waals surface area (Å²) in [7, 11) is 0. The Morgan fingerprint density at radius 3 is 3.00 bits per heavy atom. The molecule has 1 N–H and O–H groups in total. The smallest absolute Gasteiger partial charge is 0.0638 e. The Bertz CT molecular complexity index is 161. The van der Waals surface area contributed by atoms with Gasteiger partial charge in [-0.2, -0.15) is 0 Å². The molecule has 0 aromatic rings. The molecule has 0 aromatic carbocycles. The summed E-state index contributed by atoms with van der Waals surface area (Å²) in [6.45, 7) is 8.62. The third-order valence-electron chi connectivity index (χ3n) is 2.92. The molecule has 0 amide bonds. The van der Waals surface area contributed by atoms with E-state index in [4.69, 9.17) is 4.74 Å². The van der Waals surface area contributed by atoms with Crippen LogP contribution in [0.25, 0.3) is 0 Å². The van der Waals surface area contributed by atoms with Gasteiger partial charge in [-0.05, 0) is 13.8 Å². The van der Waals surface area contributed by atoms with Crippen molar-refractivity contribution < 1.29 is 4.74 Å². The van der Waals surface area contributed by atoms with Gasteiger partial charge in [0.2, 0.25) is 0 Å². The van der Waals surface area contributed by atoms with Crippen LogP contribution in [-0.2, 0) is 4.74 Å². The molecule has 2 aliphatic rings. The minimum Gasteiger partial charge on any atom is -0.378 e. The molecule has 2 atom stereocenters. The van der Waals surface area contributed by atoms with E-state index in [-0.39, 0.29) is 0 Å².